The van der Waals surface area contributed by atoms with E-state index in [1.807, 2.05) is 18.2 Å². The van der Waals surface area contributed by atoms with E-state index >= 15 is 0 Å². The van der Waals surface area contributed by atoms with Crippen LogP contribution >= 0.6 is 0 Å². The molecule has 1 unspecified atom stereocenters. The van der Waals surface area contributed by atoms with E-state index in [1.54, 1.807) is 45.6 Å². The van der Waals surface area contributed by atoms with Crippen molar-refractivity contribution in [1.82, 2.24) is 14.7 Å². The maximum absolute atomic E-state index is 13.6. The first-order valence-corrected chi connectivity index (χ1v) is 30.1. The van der Waals surface area contributed by atoms with E-state index in [1.165, 1.54) is 158 Å². The lowest BCUT2D eigenvalue weighted by Gasteiger charge is -2.42. The van der Waals surface area contributed by atoms with Gasteiger partial charge in [-0.15, -0.1) is 0 Å². The molecule has 2 N–H and O–H groups in total. The molecule has 3 saturated heterocycles. The molecule has 4 aromatic rings. The number of methoxy groups -OCH3 is 3. The number of piperidine rings is 3. The Morgan fingerprint density at radius 3 is 1.41 bits per heavy atom. The van der Waals surface area contributed by atoms with Crippen molar-refractivity contribution in [3.8, 4) is 28.4 Å². The molecule has 6 aliphatic carbocycles. The van der Waals surface area contributed by atoms with Crippen LogP contribution in [0.25, 0.3) is 17.2 Å². The number of carbonyl (C=O) groups is 1. The number of nitrogens with zero attached hydrogens (tertiary/aromatic N) is 3. The van der Waals surface area contributed by atoms with Crippen molar-refractivity contribution in [1.29, 1.82) is 0 Å². The second-order valence-corrected chi connectivity index (χ2v) is 25.0. The minimum absolute atomic E-state index is 0. The molecular weight excluding hydrogens is 944 g/mol. The Kier molecular flexibility index (Phi) is 16.9. The number of amides is 1. The van der Waals surface area contributed by atoms with Crippen molar-refractivity contribution < 1.29 is 26.2 Å². The van der Waals surface area contributed by atoms with Crippen molar-refractivity contribution in [2.45, 2.75) is 158 Å². The zero-order chi connectivity index (χ0) is 52.3. The normalized spacial score (nSPS) is 29.8. The van der Waals surface area contributed by atoms with Crippen molar-refractivity contribution in [3.63, 3.8) is 0 Å². The number of nitrogens with two attached hydrogens (primary N) is 1. The zero-order valence-electron chi connectivity index (χ0n) is 46.3. The Labute approximate surface area is 458 Å². The Balaban J connectivity index is 0.000000142. The monoisotopic (exact) mass is 1040 g/mol. The first-order valence-electron chi connectivity index (χ1n) is 30.1. The van der Waals surface area contributed by atoms with Gasteiger partial charge in [0.15, 0.2) is 0 Å². The summed E-state index contributed by atoms with van der Waals surface area (Å²) in [5, 5.41) is 0. The van der Waals surface area contributed by atoms with Gasteiger partial charge in [0, 0.05) is 32.1 Å². The van der Waals surface area contributed by atoms with Crippen LogP contribution in [0, 0.1) is 41.3 Å². The second kappa shape index (κ2) is 24.1. The van der Waals surface area contributed by atoms with Crippen molar-refractivity contribution in [2.24, 2.45) is 41.2 Å². The van der Waals surface area contributed by atoms with Crippen LogP contribution in [0.4, 0.5) is 4.39 Å². The smallest absolute Gasteiger partial charge is 0.248 e. The molecule has 9 heteroatoms. The van der Waals surface area contributed by atoms with Crippen molar-refractivity contribution >= 4 is 12.0 Å². The molecular formula is C67H93FN4O4. The topological polar surface area (TPSA) is 80.5 Å². The van der Waals surface area contributed by atoms with Crippen LogP contribution in [0.3, 0.4) is 0 Å². The van der Waals surface area contributed by atoms with E-state index in [2.05, 4.69) is 57.7 Å². The molecule has 0 spiro atoms. The first-order chi connectivity index (χ1) is 37.1. The summed E-state index contributed by atoms with van der Waals surface area (Å²) in [4.78, 5) is 19.7. The lowest BCUT2D eigenvalue weighted by Crippen LogP contribution is -2.45. The van der Waals surface area contributed by atoms with Gasteiger partial charge in [-0.05, 0) is 278 Å². The van der Waals surface area contributed by atoms with Crippen LogP contribution in [0.1, 0.15) is 175 Å². The number of rotatable bonds is 12. The molecule has 8 nitrogen and oxygen atoms in total. The SMILES string of the molecule is C=Cc1ccc(OC)c(C2CCN([C@H]3C[C@H]4CC[C@H]3C4)CC2)c1.COc1ccc(-c2ccc(C(N)=O)cc2)cc1C1CCN([C@H]2C[C@H]3CC[C@H]2C3)CC1.COc1ccc(F)cc1C1CCN(C2CC[C@H]3CC[C@H]2C3)CC1.[HH].[HH]. The largest absolute Gasteiger partial charge is 0.496 e. The fourth-order valence-electron chi connectivity index (χ4n) is 17.1. The number of fused-ring (bicyclic) bond motifs is 6. The highest BCUT2D eigenvalue weighted by Crippen LogP contribution is 2.50. The maximum Gasteiger partial charge on any atom is 0.248 e. The highest BCUT2D eigenvalue weighted by Gasteiger charge is 2.45. The highest BCUT2D eigenvalue weighted by molar-refractivity contribution is 5.93. The van der Waals surface area contributed by atoms with E-state index < -0.39 is 0 Å². The molecule has 3 aliphatic heterocycles. The summed E-state index contributed by atoms with van der Waals surface area (Å²) < 4.78 is 30.4. The molecule has 9 fully saturated rings. The van der Waals surface area contributed by atoms with Crippen molar-refractivity contribution in [2.75, 3.05) is 60.6 Å². The molecule has 1 amide bonds. The van der Waals surface area contributed by atoms with Gasteiger partial charge in [0.05, 0.1) is 21.3 Å². The predicted octanol–water partition coefficient (Wildman–Crippen LogP) is 14.6. The zero-order valence-corrected chi connectivity index (χ0v) is 46.3. The summed E-state index contributed by atoms with van der Waals surface area (Å²) in [7, 11) is 5.24. The number of primary amides is 1. The standard InChI is InChI=1S/C26H32N2O2.C21H29NO.C20H28FNO.2H2/c1-30-25-9-8-21(18-4-6-20(7-5-18)26(27)29)16-23(25)19-10-12-28(13-11-19)24-15-17-2-3-22(24)14-17;1-3-15-5-7-21(23-2)19(13-15)17-8-10-22(11-9-17)20-14-16-4-6-18(20)12-16;1-23-20-7-5-17(21)13-18(20)15-8-10-22(11-9-15)19-6-3-14-2-4-16(19)12-14;;/h4-9,16-17,19,22,24H,2-3,10-15H2,1H3,(H2,27,29);3,5,7,13,16-18,20H,1,4,6,8-12,14H2,2H3;5,7,13-16,19H,2-4,6,8-12H2,1H3;2*1H/t17-,22-,24-;16-,18-,20-;14-,16+,19?;;/m001../s1. The van der Waals surface area contributed by atoms with Crippen LogP contribution in [-0.2, 0) is 0 Å². The molecule has 9 atom stereocenters. The molecule has 0 radical (unpaired) electrons. The number of likely N-dealkylation sites (tertiary alicyclic amines) is 3. The molecule has 13 rings (SSSR count). The van der Waals surface area contributed by atoms with Gasteiger partial charge >= 0.3 is 0 Å². The quantitative estimate of drug-likeness (QED) is 0.151. The van der Waals surface area contributed by atoms with E-state index in [0.29, 0.717) is 23.3 Å². The third-order valence-electron chi connectivity index (χ3n) is 21.1. The van der Waals surface area contributed by atoms with Gasteiger partial charge in [-0.3, -0.25) is 4.79 Å². The van der Waals surface area contributed by atoms with Gasteiger partial charge in [-0.2, -0.15) is 0 Å². The number of hydrogen-bond donors (Lipinski definition) is 1. The summed E-state index contributed by atoms with van der Waals surface area (Å²) in [6.45, 7) is 11.2. The van der Waals surface area contributed by atoms with E-state index in [-0.39, 0.29) is 14.6 Å². The van der Waals surface area contributed by atoms with Gasteiger partial charge in [0.1, 0.15) is 23.1 Å². The Hall–Kier alpha value is -4.70. The highest BCUT2D eigenvalue weighted by atomic mass is 19.1. The number of carbonyl (C=O) groups excluding carboxylic acids is 1. The van der Waals surface area contributed by atoms with Gasteiger partial charge in [0.2, 0.25) is 5.91 Å². The molecule has 6 bridgehead atoms. The molecule has 6 saturated carbocycles. The molecule has 9 aliphatic rings. The van der Waals surface area contributed by atoms with Gasteiger partial charge < -0.3 is 34.6 Å². The van der Waals surface area contributed by atoms with Crippen LogP contribution in [0.5, 0.6) is 17.2 Å². The third-order valence-corrected chi connectivity index (χ3v) is 21.1. The van der Waals surface area contributed by atoms with Gasteiger partial charge in [-0.1, -0.05) is 56.2 Å². The summed E-state index contributed by atoms with van der Waals surface area (Å²) in [5.41, 5.74) is 13.2. The summed E-state index contributed by atoms with van der Waals surface area (Å²) in [6.07, 6.45) is 28.2. The van der Waals surface area contributed by atoms with Crippen LogP contribution in [0.2, 0.25) is 0 Å². The number of benzene rings is 4. The lowest BCUT2D eigenvalue weighted by atomic mass is 9.81. The second-order valence-electron chi connectivity index (χ2n) is 25.0. The molecule has 3 heterocycles. The molecule has 412 valence electrons. The average molecular weight is 1040 g/mol. The van der Waals surface area contributed by atoms with E-state index in [9.17, 15) is 9.18 Å². The van der Waals surface area contributed by atoms with Gasteiger partial charge in [-0.25, -0.2) is 4.39 Å². The minimum Gasteiger partial charge on any atom is -0.496 e. The Morgan fingerprint density at radius 2 is 0.921 bits per heavy atom. The predicted molar refractivity (Wildman–Crippen MR) is 310 cm³/mol. The lowest BCUT2D eigenvalue weighted by molar-refractivity contribution is 0.0837. The molecule has 0 aromatic heterocycles. The number of halogens is 1. The van der Waals surface area contributed by atoms with Crippen LogP contribution in [0.15, 0.2) is 85.4 Å². The third kappa shape index (κ3) is 11.7. The molecule has 4 aromatic carbocycles. The fraction of sp³-hybridized carbons (Fsp3) is 0.597. The Morgan fingerprint density at radius 1 is 0.500 bits per heavy atom. The Bertz CT molecular complexity index is 2610. The summed E-state index contributed by atoms with van der Waals surface area (Å²) in [5.74, 6) is 9.99. The van der Waals surface area contributed by atoms with Crippen molar-refractivity contribution in [3.05, 3.63) is 119 Å². The average Bonchev–Trinajstić information content (AvgIpc) is 4.41. The summed E-state index contributed by atoms with van der Waals surface area (Å²) >= 11 is 0. The van der Waals surface area contributed by atoms with Crippen LogP contribution in [-0.4, -0.2) is 99.3 Å². The summed E-state index contributed by atoms with van der Waals surface area (Å²) in [6, 6.07) is 28.0. The van der Waals surface area contributed by atoms with Gasteiger partial charge in [0.25, 0.3) is 0 Å². The van der Waals surface area contributed by atoms with E-state index in [4.69, 9.17) is 19.9 Å². The minimum atomic E-state index is -0.390. The fourth-order valence-corrected chi connectivity index (χ4v) is 17.1. The number of ether oxygens (including phenoxy) is 3. The van der Waals surface area contributed by atoms with E-state index in [0.717, 1.165) is 114 Å². The first kappa shape index (κ1) is 53.3. The number of hydrogen-bond acceptors (Lipinski definition) is 7. The van der Waals surface area contributed by atoms with Crippen LogP contribution < -0.4 is 19.9 Å². The molecule has 76 heavy (non-hydrogen) atoms. The maximum atomic E-state index is 13.6.